The molecule has 34 heavy (non-hydrogen) atoms. The minimum atomic E-state index is -0.132. The lowest BCUT2D eigenvalue weighted by atomic mass is 9.96. The predicted molar refractivity (Wildman–Crippen MR) is 138 cm³/mol. The highest BCUT2D eigenvalue weighted by Crippen LogP contribution is 2.44. The number of hydrogen-bond acceptors (Lipinski definition) is 4. The van der Waals surface area contributed by atoms with Crippen molar-refractivity contribution in [3.05, 3.63) is 100 Å². The molecule has 0 radical (unpaired) electrons. The molecule has 0 spiro atoms. The summed E-state index contributed by atoms with van der Waals surface area (Å²) in [5.41, 5.74) is 5.28. The van der Waals surface area contributed by atoms with Gasteiger partial charge in [-0.3, -0.25) is 4.98 Å². The van der Waals surface area contributed by atoms with Gasteiger partial charge in [0.1, 0.15) is 11.5 Å². The van der Waals surface area contributed by atoms with Gasteiger partial charge < -0.3 is 23.9 Å². The van der Waals surface area contributed by atoms with Crippen LogP contribution in [0.1, 0.15) is 40.5 Å². The number of rotatable bonds is 6. The Labute approximate surface area is 209 Å². The summed E-state index contributed by atoms with van der Waals surface area (Å²) < 4.78 is 13.2. The van der Waals surface area contributed by atoms with Gasteiger partial charge in [0.25, 0.3) is 0 Å². The van der Waals surface area contributed by atoms with E-state index in [-0.39, 0.29) is 12.1 Å². The molecule has 0 amide bonds. The van der Waals surface area contributed by atoms with Crippen LogP contribution in [0, 0.1) is 13.8 Å². The fourth-order valence-corrected chi connectivity index (χ4v) is 5.28. The molecule has 4 heterocycles. The number of aryl methyl sites for hydroxylation is 1. The van der Waals surface area contributed by atoms with E-state index in [2.05, 4.69) is 39.7 Å². The Morgan fingerprint density at radius 1 is 1.15 bits per heavy atom. The molecule has 8 heteroatoms. The first-order chi connectivity index (χ1) is 16.5. The van der Waals surface area contributed by atoms with Gasteiger partial charge in [-0.1, -0.05) is 17.7 Å². The molecular formula is C26H25ClN4O2S. The van der Waals surface area contributed by atoms with Gasteiger partial charge in [0.15, 0.2) is 5.11 Å². The van der Waals surface area contributed by atoms with E-state index in [1.165, 1.54) is 5.56 Å². The standard InChI is InChI=1S/C26H25ClN4O2S/c1-16-13-20(17(2)30(16)15-19-7-6-12-33-19)25-24(22-8-4-5-11-28-22)29-26(34)31(25)18-9-10-23(32-3)21(27)14-18/h4-14,24-25H,15H2,1-3H3,(H,29,34)/t24-,25+/m1/s1. The van der Waals surface area contributed by atoms with Crippen LogP contribution < -0.4 is 15.0 Å². The van der Waals surface area contributed by atoms with Crippen LogP contribution in [0.25, 0.3) is 0 Å². The number of furan rings is 1. The number of benzene rings is 1. The molecule has 0 aliphatic carbocycles. The van der Waals surface area contributed by atoms with Crippen molar-refractivity contribution in [2.45, 2.75) is 32.5 Å². The number of ether oxygens (including phenoxy) is 1. The number of methoxy groups -OCH3 is 1. The van der Waals surface area contributed by atoms with E-state index in [1.807, 2.05) is 54.7 Å². The third kappa shape index (κ3) is 3.95. The van der Waals surface area contributed by atoms with Crippen LogP contribution in [-0.2, 0) is 6.54 Å². The highest BCUT2D eigenvalue weighted by molar-refractivity contribution is 7.80. The molecule has 1 N–H and O–H groups in total. The van der Waals surface area contributed by atoms with Crippen molar-refractivity contribution in [3.8, 4) is 5.75 Å². The van der Waals surface area contributed by atoms with Gasteiger partial charge >= 0.3 is 0 Å². The van der Waals surface area contributed by atoms with Crippen LogP contribution >= 0.6 is 23.8 Å². The van der Waals surface area contributed by atoms with Gasteiger partial charge in [0.2, 0.25) is 0 Å². The molecule has 2 atom stereocenters. The fourth-order valence-electron chi connectivity index (χ4n) is 4.68. The van der Waals surface area contributed by atoms with E-state index in [4.69, 9.17) is 33.0 Å². The smallest absolute Gasteiger partial charge is 0.174 e. The molecule has 0 unspecified atom stereocenters. The first-order valence-corrected chi connectivity index (χ1v) is 11.8. The molecule has 1 fully saturated rings. The van der Waals surface area contributed by atoms with Crippen LogP contribution in [0.4, 0.5) is 5.69 Å². The molecule has 3 aromatic heterocycles. The molecular weight excluding hydrogens is 468 g/mol. The Morgan fingerprint density at radius 3 is 2.68 bits per heavy atom. The van der Waals surface area contributed by atoms with E-state index in [1.54, 1.807) is 13.4 Å². The van der Waals surface area contributed by atoms with Crippen molar-refractivity contribution in [1.82, 2.24) is 14.9 Å². The average Bonchev–Trinajstić information content (AvgIpc) is 3.54. The number of hydrogen-bond donors (Lipinski definition) is 1. The van der Waals surface area contributed by atoms with Crippen LogP contribution in [0.15, 0.2) is 71.5 Å². The van der Waals surface area contributed by atoms with Crippen molar-refractivity contribution in [2.75, 3.05) is 12.0 Å². The number of anilines is 1. The SMILES string of the molecule is COc1ccc(N2C(=S)N[C@H](c3ccccn3)[C@@H]2c2cc(C)n(Cc3ccco3)c2C)cc1Cl. The van der Waals surface area contributed by atoms with Crippen molar-refractivity contribution in [2.24, 2.45) is 0 Å². The molecule has 6 nitrogen and oxygen atoms in total. The number of thiocarbonyl (C=S) groups is 1. The zero-order valence-corrected chi connectivity index (χ0v) is 20.7. The number of nitrogens with one attached hydrogen (secondary N) is 1. The van der Waals surface area contributed by atoms with Crippen LogP contribution in [0.2, 0.25) is 5.02 Å². The number of aromatic nitrogens is 2. The zero-order valence-electron chi connectivity index (χ0n) is 19.2. The predicted octanol–water partition coefficient (Wildman–Crippen LogP) is 5.98. The van der Waals surface area contributed by atoms with Crippen LogP contribution in [0.3, 0.4) is 0 Å². The summed E-state index contributed by atoms with van der Waals surface area (Å²) >= 11 is 12.3. The van der Waals surface area contributed by atoms with E-state index in [0.717, 1.165) is 28.5 Å². The van der Waals surface area contributed by atoms with Crippen LogP contribution in [-0.4, -0.2) is 21.8 Å². The lowest BCUT2D eigenvalue weighted by Crippen LogP contribution is -2.29. The van der Waals surface area contributed by atoms with E-state index in [0.29, 0.717) is 22.4 Å². The maximum Gasteiger partial charge on any atom is 0.174 e. The van der Waals surface area contributed by atoms with Crippen molar-refractivity contribution < 1.29 is 9.15 Å². The Bertz CT molecular complexity index is 1320. The quantitative estimate of drug-likeness (QED) is 0.334. The third-order valence-corrected chi connectivity index (χ3v) is 6.95. The lowest BCUT2D eigenvalue weighted by molar-refractivity contribution is 0.415. The maximum atomic E-state index is 6.50. The molecule has 4 aromatic rings. The first kappa shape index (κ1) is 22.5. The first-order valence-electron chi connectivity index (χ1n) is 11.0. The van der Waals surface area contributed by atoms with E-state index >= 15 is 0 Å². The molecule has 0 bridgehead atoms. The Morgan fingerprint density at radius 2 is 2.00 bits per heavy atom. The Hall–Kier alpha value is -3.29. The maximum absolute atomic E-state index is 6.50. The molecule has 1 aromatic carbocycles. The molecule has 1 saturated heterocycles. The van der Waals surface area contributed by atoms with Crippen molar-refractivity contribution in [1.29, 1.82) is 0 Å². The summed E-state index contributed by atoms with van der Waals surface area (Å²) in [6, 6.07) is 17.6. The molecule has 174 valence electrons. The Balaban J connectivity index is 1.63. The summed E-state index contributed by atoms with van der Waals surface area (Å²) in [6.45, 7) is 4.92. The second-order valence-electron chi connectivity index (χ2n) is 8.31. The fraction of sp³-hybridized carbons (Fsp3) is 0.231. The van der Waals surface area contributed by atoms with Gasteiger partial charge in [-0.05, 0) is 80.2 Å². The van der Waals surface area contributed by atoms with Gasteiger partial charge in [-0.2, -0.15) is 0 Å². The van der Waals surface area contributed by atoms with Crippen molar-refractivity contribution in [3.63, 3.8) is 0 Å². The largest absolute Gasteiger partial charge is 0.495 e. The normalized spacial score (nSPS) is 17.8. The molecule has 1 aliphatic heterocycles. The minimum absolute atomic E-state index is 0.122. The van der Waals surface area contributed by atoms with Gasteiger partial charge in [0.05, 0.1) is 42.7 Å². The summed E-state index contributed by atoms with van der Waals surface area (Å²) in [5, 5.41) is 4.67. The monoisotopic (exact) mass is 492 g/mol. The minimum Gasteiger partial charge on any atom is -0.495 e. The van der Waals surface area contributed by atoms with Gasteiger partial charge in [-0.15, -0.1) is 0 Å². The number of halogens is 1. The molecule has 1 aliphatic rings. The summed E-state index contributed by atoms with van der Waals surface area (Å²) in [6.07, 6.45) is 3.51. The average molecular weight is 493 g/mol. The van der Waals surface area contributed by atoms with Crippen molar-refractivity contribution >= 4 is 34.6 Å². The molecule has 0 saturated carbocycles. The third-order valence-electron chi connectivity index (χ3n) is 6.34. The van der Waals surface area contributed by atoms with Gasteiger partial charge in [0, 0.05) is 23.3 Å². The Kier molecular flexibility index (Phi) is 6.06. The number of nitrogens with zero attached hydrogens (tertiary/aromatic N) is 3. The van der Waals surface area contributed by atoms with Gasteiger partial charge in [-0.25, -0.2) is 0 Å². The summed E-state index contributed by atoms with van der Waals surface area (Å²) in [4.78, 5) is 6.77. The lowest BCUT2D eigenvalue weighted by Gasteiger charge is -2.28. The second-order valence-corrected chi connectivity index (χ2v) is 9.10. The number of pyridine rings is 1. The summed E-state index contributed by atoms with van der Waals surface area (Å²) in [7, 11) is 1.61. The van der Waals surface area contributed by atoms with Crippen LogP contribution in [0.5, 0.6) is 5.75 Å². The topological polar surface area (TPSA) is 55.5 Å². The second kappa shape index (κ2) is 9.16. The highest BCUT2D eigenvalue weighted by atomic mass is 35.5. The summed E-state index contributed by atoms with van der Waals surface area (Å²) in [5.74, 6) is 1.53. The highest BCUT2D eigenvalue weighted by Gasteiger charge is 2.42. The van der Waals surface area contributed by atoms with E-state index < -0.39 is 0 Å². The zero-order chi connectivity index (χ0) is 23.8. The van der Waals surface area contributed by atoms with E-state index in [9.17, 15) is 0 Å². The molecule has 5 rings (SSSR count).